The fraction of sp³-hybridized carbons (Fsp3) is 0.444. The second-order valence-corrected chi connectivity index (χ2v) is 3.47. The lowest BCUT2D eigenvalue weighted by atomic mass is 10.3. The standard InChI is InChI=1S/C9H12ClN3O3/c1-5(4-14)11-7-3-6(8(15)16-2)12-9(10)13-7/h3,5,14H,4H2,1-2H3,(H,11,12,13)/t5-/m0/s1. The molecule has 1 rings (SSSR count). The summed E-state index contributed by atoms with van der Waals surface area (Å²) in [6, 6.07) is 1.21. The van der Waals surface area contributed by atoms with E-state index in [1.54, 1.807) is 6.92 Å². The van der Waals surface area contributed by atoms with Crippen molar-refractivity contribution in [1.82, 2.24) is 9.97 Å². The molecule has 0 aromatic carbocycles. The van der Waals surface area contributed by atoms with Crippen LogP contribution in [0.3, 0.4) is 0 Å². The number of aromatic nitrogens is 2. The Hall–Kier alpha value is -1.40. The quantitative estimate of drug-likeness (QED) is 0.600. The molecule has 1 aromatic rings. The number of nitrogens with zero attached hydrogens (tertiary/aromatic N) is 2. The van der Waals surface area contributed by atoms with Gasteiger partial charge in [0.05, 0.1) is 13.7 Å². The van der Waals surface area contributed by atoms with Crippen LogP contribution >= 0.6 is 11.6 Å². The maximum absolute atomic E-state index is 11.2. The zero-order chi connectivity index (χ0) is 12.1. The first-order valence-electron chi connectivity index (χ1n) is 4.57. The topological polar surface area (TPSA) is 84.3 Å². The number of hydrogen-bond donors (Lipinski definition) is 2. The minimum absolute atomic E-state index is 0.0597. The monoisotopic (exact) mass is 245 g/mol. The Bertz CT molecular complexity index is 386. The lowest BCUT2D eigenvalue weighted by Crippen LogP contribution is -2.20. The van der Waals surface area contributed by atoms with E-state index in [4.69, 9.17) is 16.7 Å². The van der Waals surface area contributed by atoms with E-state index in [0.717, 1.165) is 0 Å². The van der Waals surface area contributed by atoms with Crippen molar-refractivity contribution >= 4 is 23.4 Å². The molecule has 0 fully saturated rings. The maximum Gasteiger partial charge on any atom is 0.356 e. The molecule has 1 atom stereocenters. The van der Waals surface area contributed by atoms with Crippen molar-refractivity contribution in [3.63, 3.8) is 0 Å². The van der Waals surface area contributed by atoms with Crippen molar-refractivity contribution in [2.75, 3.05) is 19.0 Å². The second kappa shape index (κ2) is 5.62. The van der Waals surface area contributed by atoms with E-state index < -0.39 is 5.97 Å². The molecule has 0 saturated heterocycles. The summed E-state index contributed by atoms with van der Waals surface area (Å²) in [7, 11) is 1.25. The molecule has 0 amide bonds. The number of aliphatic hydroxyl groups excluding tert-OH is 1. The van der Waals surface area contributed by atoms with Gasteiger partial charge < -0.3 is 15.2 Å². The van der Waals surface area contributed by atoms with Gasteiger partial charge >= 0.3 is 5.97 Å². The summed E-state index contributed by atoms with van der Waals surface area (Å²) in [5, 5.41) is 11.7. The van der Waals surface area contributed by atoms with Gasteiger partial charge in [0.15, 0.2) is 5.69 Å². The van der Waals surface area contributed by atoms with Gasteiger partial charge in [-0.3, -0.25) is 0 Å². The highest BCUT2D eigenvalue weighted by atomic mass is 35.5. The number of rotatable bonds is 4. The van der Waals surface area contributed by atoms with E-state index in [1.807, 2.05) is 0 Å². The van der Waals surface area contributed by atoms with E-state index in [1.165, 1.54) is 13.2 Å². The van der Waals surface area contributed by atoms with Crippen LogP contribution in [0, 0.1) is 0 Å². The Morgan fingerprint density at radius 2 is 2.38 bits per heavy atom. The molecule has 0 radical (unpaired) electrons. The summed E-state index contributed by atoms with van der Waals surface area (Å²) in [6.07, 6.45) is 0. The number of carbonyl (C=O) groups excluding carboxylic acids is 1. The Morgan fingerprint density at radius 1 is 1.69 bits per heavy atom. The molecule has 0 spiro atoms. The van der Waals surface area contributed by atoms with Gasteiger partial charge in [-0.15, -0.1) is 0 Å². The lowest BCUT2D eigenvalue weighted by Gasteiger charge is -2.11. The second-order valence-electron chi connectivity index (χ2n) is 3.13. The van der Waals surface area contributed by atoms with Crippen molar-refractivity contribution in [2.45, 2.75) is 13.0 Å². The zero-order valence-electron chi connectivity index (χ0n) is 8.90. The predicted octanol–water partition coefficient (Wildman–Crippen LogP) is 0.709. The molecule has 0 aliphatic rings. The molecule has 0 aliphatic carbocycles. The number of hydrogen-bond acceptors (Lipinski definition) is 6. The van der Waals surface area contributed by atoms with Gasteiger partial charge in [0.2, 0.25) is 5.28 Å². The number of esters is 1. The SMILES string of the molecule is COC(=O)c1cc(N[C@@H](C)CO)nc(Cl)n1. The zero-order valence-corrected chi connectivity index (χ0v) is 9.65. The van der Waals surface area contributed by atoms with Gasteiger partial charge in [-0.25, -0.2) is 14.8 Å². The molecule has 1 aromatic heterocycles. The third-order valence-electron chi connectivity index (χ3n) is 1.76. The molecule has 1 heterocycles. The maximum atomic E-state index is 11.2. The normalized spacial score (nSPS) is 12.0. The summed E-state index contributed by atoms with van der Waals surface area (Å²) >= 11 is 5.65. The Labute approximate surface area is 97.6 Å². The van der Waals surface area contributed by atoms with Gasteiger partial charge in [0.25, 0.3) is 0 Å². The van der Waals surface area contributed by atoms with Crippen LogP contribution in [0.5, 0.6) is 0 Å². The van der Waals surface area contributed by atoms with E-state index in [0.29, 0.717) is 5.82 Å². The highest BCUT2D eigenvalue weighted by molar-refractivity contribution is 6.28. The highest BCUT2D eigenvalue weighted by Gasteiger charge is 2.12. The molecule has 16 heavy (non-hydrogen) atoms. The van der Waals surface area contributed by atoms with Crippen LogP contribution in [-0.4, -0.2) is 40.8 Å². The molecular weight excluding hydrogens is 234 g/mol. The summed E-state index contributed by atoms with van der Waals surface area (Å²) in [5.41, 5.74) is 0.0649. The third-order valence-corrected chi connectivity index (χ3v) is 1.93. The van der Waals surface area contributed by atoms with Gasteiger partial charge in [-0.2, -0.15) is 0 Å². The van der Waals surface area contributed by atoms with Crippen LogP contribution in [0.4, 0.5) is 5.82 Å². The molecule has 88 valence electrons. The minimum Gasteiger partial charge on any atom is -0.464 e. The van der Waals surface area contributed by atoms with Crippen molar-refractivity contribution in [1.29, 1.82) is 0 Å². The van der Waals surface area contributed by atoms with E-state index in [9.17, 15) is 4.79 Å². The lowest BCUT2D eigenvalue weighted by molar-refractivity contribution is 0.0594. The average molecular weight is 246 g/mol. The highest BCUT2D eigenvalue weighted by Crippen LogP contribution is 2.12. The molecule has 0 aliphatic heterocycles. The van der Waals surface area contributed by atoms with Crippen LogP contribution in [0.25, 0.3) is 0 Å². The van der Waals surface area contributed by atoms with Crippen LogP contribution in [-0.2, 0) is 4.74 Å². The van der Waals surface area contributed by atoms with Gasteiger partial charge in [-0.05, 0) is 18.5 Å². The fourth-order valence-electron chi connectivity index (χ4n) is 0.999. The predicted molar refractivity (Wildman–Crippen MR) is 58.6 cm³/mol. The number of ether oxygens (including phenoxy) is 1. The van der Waals surface area contributed by atoms with E-state index in [-0.39, 0.29) is 23.6 Å². The molecule has 2 N–H and O–H groups in total. The molecule has 0 unspecified atom stereocenters. The fourth-order valence-corrected chi connectivity index (χ4v) is 1.18. The smallest absolute Gasteiger partial charge is 0.356 e. The number of halogens is 1. The van der Waals surface area contributed by atoms with Gasteiger partial charge in [-0.1, -0.05) is 0 Å². The van der Waals surface area contributed by atoms with Crippen molar-refractivity contribution in [3.8, 4) is 0 Å². The molecule has 7 heteroatoms. The molecular formula is C9H12ClN3O3. The average Bonchev–Trinajstić information content (AvgIpc) is 2.27. The summed E-state index contributed by atoms with van der Waals surface area (Å²) in [5.74, 6) is -0.231. The minimum atomic E-state index is -0.594. The number of aliphatic hydroxyl groups is 1. The summed E-state index contributed by atoms with van der Waals surface area (Å²) < 4.78 is 4.51. The van der Waals surface area contributed by atoms with Crippen LogP contribution in [0.1, 0.15) is 17.4 Å². The molecule has 0 bridgehead atoms. The molecule has 6 nitrogen and oxygen atoms in total. The molecule has 0 saturated carbocycles. The largest absolute Gasteiger partial charge is 0.464 e. The number of anilines is 1. The van der Waals surface area contributed by atoms with Crippen molar-refractivity contribution in [2.24, 2.45) is 0 Å². The number of nitrogens with one attached hydrogen (secondary N) is 1. The summed E-state index contributed by atoms with van der Waals surface area (Å²) in [6.45, 7) is 1.70. The Balaban J connectivity index is 2.94. The first kappa shape index (κ1) is 12.7. The van der Waals surface area contributed by atoms with Crippen molar-refractivity contribution < 1.29 is 14.6 Å². The van der Waals surface area contributed by atoms with Gasteiger partial charge in [0, 0.05) is 12.1 Å². The van der Waals surface area contributed by atoms with Crippen molar-refractivity contribution in [3.05, 3.63) is 17.0 Å². The van der Waals surface area contributed by atoms with E-state index >= 15 is 0 Å². The third kappa shape index (κ3) is 3.32. The first-order valence-corrected chi connectivity index (χ1v) is 4.95. The van der Waals surface area contributed by atoms with Crippen LogP contribution in [0.15, 0.2) is 6.07 Å². The first-order chi connectivity index (χ1) is 7.56. The number of methoxy groups -OCH3 is 1. The number of carbonyl (C=O) groups is 1. The Kier molecular flexibility index (Phi) is 4.45. The van der Waals surface area contributed by atoms with Crippen LogP contribution in [0.2, 0.25) is 5.28 Å². The Morgan fingerprint density at radius 3 is 2.94 bits per heavy atom. The van der Waals surface area contributed by atoms with Crippen LogP contribution < -0.4 is 5.32 Å². The van der Waals surface area contributed by atoms with E-state index in [2.05, 4.69) is 20.0 Å². The van der Waals surface area contributed by atoms with Gasteiger partial charge in [0.1, 0.15) is 5.82 Å². The summed E-state index contributed by atoms with van der Waals surface area (Å²) in [4.78, 5) is 18.8.